The highest BCUT2D eigenvalue weighted by Crippen LogP contribution is 2.39. The molecule has 2 fully saturated rings. The summed E-state index contributed by atoms with van der Waals surface area (Å²) in [6.07, 6.45) is 2.61. The molecule has 0 spiro atoms. The molecule has 2 saturated heterocycles. The van der Waals surface area contributed by atoms with Gasteiger partial charge in [-0.1, -0.05) is 0 Å². The fourth-order valence-corrected chi connectivity index (χ4v) is 3.93. The van der Waals surface area contributed by atoms with Gasteiger partial charge in [-0.25, -0.2) is 0 Å². The fourth-order valence-electron chi connectivity index (χ4n) is 3.93. The summed E-state index contributed by atoms with van der Waals surface area (Å²) in [7, 11) is 5.08. The predicted octanol–water partition coefficient (Wildman–Crippen LogP) is 1.75. The number of nitrogens with zero attached hydrogens (tertiary/aromatic N) is 2. The molecule has 1 N–H and O–H groups in total. The van der Waals surface area contributed by atoms with E-state index < -0.39 is 0 Å². The van der Waals surface area contributed by atoms with Crippen molar-refractivity contribution in [2.24, 2.45) is 0 Å². The number of methoxy groups -OCH3 is 3. The molecule has 6 heteroatoms. The van der Waals surface area contributed by atoms with Crippen LogP contribution in [0.4, 0.5) is 0 Å². The van der Waals surface area contributed by atoms with Crippen LogP contribution in [0.2, 0.25) is 0 Å². The van der Waals surface area contributed by atoms with Gasteiger partial charge in [0.1, 0.15) is 5.75 Å². The molecule has 2 heterocycles. The van der Waals surface area contributed by atoms with Crippen LogP contribution in [0.15, 0.2) is 12.1 Å². The molecule has 1 aromatic carbocycles. The molecule has 0 amide bonds. The van der Waals surface area contributed by atoms with Crippen molar-refractivity contribution < 1.29 is 14.2 Å². The summed E-state index contributed by atoms with van der Waals surface area (Å²) in [6, 6.07) is 4.35. The van der Waals surface area contributed by atoms with Crippen molar-refractivity contribution in [3.8, 4) is 17.2 Å². The second kappa shape index (κ2) is 8.74. The number of hydrogen-bond donors (Lipinski definition) is 1. The first kappa shape index (κ1) is 18.3. The highest BCUT2D eigenvalue weighted by Gasteiger charge is 2.29. The highest BCUT2D eigenvalue weighted by molar-refractivity contribution is 5.52. The fraction of sp³-hybridized carbons (Fsp3) is 0.684. The quantitative estimate of drug-likeness (QED) is 0.809. The van der Waals surface area contributed by atoms with Gasteiger partial charge in [-0.15, -0.1) is 0 Å². The topological polar surface area (TPSA) is 46.2 Å². The predicted molar refractivity (Wildman–Crippen MR) is 99.0 cm³/mol. The van der Waals surface area contributed by atoms with Crippen molar-refractivity contribution in [2.45, 2.75) is 18.9 Å². The van der Waals surface area contributed by atoms with Crippen molar-refractivity contribution in [1.82, 2.24) is 15.1 Å². The number of ether oxygens (including phenoxy) is 3. The average molecular weight is 349 g/mol. The first-order chi connectivity index (χ1) is 12.3. The smallest absolute Gasteiger partial charge is 0.164 e. The maximum atomic E-state index is 5.73. The van der Waals surface area contributed by atoms with Gasteiger partial charge < -0.3 is 24.4 Å². The SMILES string of the molecule is COc1cc(OC)c(C(CN2CCCC2)N2CCNCC2)cc1OC. The van der Waals surface area contributed by atoms with Crippen LogP contribution >= 0.6 is 0 Å². The van der Waals surface area contributed by atoms with Crippen LogP contribution in [-0.2, 0) is 0 Å². The number of benzene rings is 1. The van der Waals surface area contributed by atoms with Crippen molar-refractivity contribution in [3.63, 3.8) is 0 Å². The second-order valence-corrected chi connectivity index (χ2v) is 6.76. The molecule has 0 radical (unpaired) electrons. The van der Waals surface area contributed by atoms with Crippen molar-refractivity contribution in [1.29, 1.82) is 0 Å². The van der Waals surface area contributed by atoms with Crippen LogP contribution in [0.3, 0.4) is 0 Å². The Morgan fingerprint density at radius 1 is 0.880 bits per heavy atom. The zero-order valence-corrected chi connectivity index (χ0v) is 15.7. The number of rotatable bonds is 7. The minimum atomic E-state index is 0.301. The summed E-state index contributed by atoms with van der Waals surface area (Å²) in [5, 5.41) is 3.45. The Morgan fingerprint density at radius 2 is 1.48 bits per heavy atom. The first-order valence-electron chi connectivity index (χ1n) is 9.24. The molecule has 0 bridgehead atoms. The second-order valence-electron chi connectivity index (χ2n) is 6.76. The molecule has 25 heavy (non-hydrogen) atoms. The van der Waals surface area contributed by atoms with Gasteiger partial charge >= 0.3 is 0 Å². The van der Waals surface area contributed by atoms with Crippen LogP contribution in [0.5, 0.6) is 17.2 Å². The Hall–Kier alpha value is -1.50. The van der Waals surface area contributed by atoms with Crippen LogP contribution < -0.4 is 19.5 Å². The Kier molecular flexibility index (Phi) is 6.39. The molecule has 1 aromatic rings. The third-order valence-corrected chi connectivity index (χ3v) is 5.32. The Morgan fingerprint density at radius 3 is 2.08 bits per heavy atom. The summed E-state index contributed by atoms with van der Waals surface area (Å²) in [5.41, 5.74) is 1.19. The average Bonchev–Trinajstić information content (AvgIpc) is 3.19. The molecular weight excluding hydrogens is 318 g/mol. The van der Waals surface area contributed by atoms with E-state index in [2.05, 4.69) is 21.2 Å². The lowest BCUT2D eigenvalue weighted by Crippen LogP contribution is -2.47. The minimum absolute atomic E-state index is 0.301. The van der Waals surface area contributed by atoms with E-state index in [9.17, 15) is 0 Å². The van der Waals surface area contributed by atoms with Crippen molar-refractivity contribution >= 4 is 0 Å². The van der Waals surface area contributed by atoms with Gasteiger partial charge in [0.05, 0.1) is 27.4 Å². The molecule has 2 aliphatic heterocycles. The number of piperazine rings is 1. The van der Waals surface area contributed by atoms with E-state index in [-0.39, 0.29) is 0 Å². The van der Waals surface area contributed by atoms with E-state index in [0.717, 1.165) is 44.2 Å². The van der Waals surface area contributed by atoms with E-state index >= 15 is 0 Å². The maximum absolute atomic E-state index is 5.73. The number of hydrogen-bond acceptors (Lipinski definition) is 6. The van der Waals surface area contributed by atoms with Crippen LogP contribution in [0.1, 0.15) is 24.4 Å². The van der Waals surface area contributed by atoms with Crippen molar-refractivity contribution in [3.05, 3.63) is 17.7 Å². The molecule has 1 unspecified atom stereocenters. The summed E-state index contributed by atoms with van der Waals surface area (Å²) in [6.45, 7) is 7.59. The van der Waals surface area contributed by atoms with Crippen LogP contribution in [0, 0.1) is 0 Å². The first-order valence-corrected chi connectivity index (χ1v) is 9.24. The summed E-state index contributed by atoms with van der Waals surface area (Å²) >= 11 is 0. The molecular formula is C19H31N3O3. The minimum Gasteiger partial charge on any atom is -0.496 e. The molecule has 0 saturated carbocycles. The lowest BCUT2D eigenvalue weighted by molar-refractivity contribution is 0.132. The van der Waals surface area contributed by atoms with Crippen LogP contribution in [0.25, 0.3) is 0 Å². The maximum Gasteiger partial charge on any atom is 0.164 e. The van der Waals surface area contributed by atoms with Gasteiger partial charge in [0.25, 0.3) is 0 Å². The molecule has 2 aliphatic rings. The van der Waals surface area contributed by atoms with Crippen LogP contribution in [-0.4, -0.2) is 76.9 Å². The van der Waals surface area contributed by atoms with E-state index in [1.54, 1.807) is 21.3 Å². The van der Waals surface area contributed by atoms with E-state index in [1.165, 1.54) is 31.5 Å². The van der Waals surface area contributed by atoms with Gasteiger partial charge in [0.2, 0.25) is 0 Å². The third kappa shape index (κ3) is 4.19. The lowest BCUT2D eigenvalue weighted by Gasteiger charge is -2.38. The normalized spacial score (nSPS) is 20.4. The largest absolute Gasteiger partial charge is 0.496 e. The molecule has 0 aliphatic carbocycles. The van der Waals surface area contributed by atoms with E-state index in [1.807, 2.05) is 6.07 Å². The molecule has 3 rings (SSSR count). The standard InChI is InChI=1S/C19H31N3O3/c1-23-17-13-19(25-3)18(24-2)12-15(17)16(14-21-8-4-5-9-21)22-10-6-20-7-11-22/h12-13,16,20H,4-11,14H2,1-3H3. The summed E-state index contributed by atoms with van der Waals surface area (Å²) in [4.78, 5) is 5.14. The zero-order valence-electron chi connectivity index (χ0n) is 15.7. The number of likely N-dealkylation sites (tertiary alicyclic amines) is 1. The molecule has 140 valence electrons. The van der Waals surface area contributed by atoms with Crippen molar-refractivity contribution in [2.75, 3.05) is 67.1 Å². The monoisotopic (exact) mass is 349 g/mol. The van der Waals surface area contributed by atoms with Gasteiger partial charge in [-0.3, -0.25) is 4.90 Å². The molecule has 6 nitrogen and oxygen atoms in total. The van der Waals surface area contributed by atoms with E-state index in [0.29, 0.717) is 11.8 Å². The van der Waals surface area contributed by atoms with Gasteiger partial charge in [-0.2, -0.15) is 0 Å². The van der Waals surface area contributed by atoms with E-state index in [4.69, 9.17) is 14.2 Å². The molecule has 0 aromatic heterocycles. The zero-order chi connectivity index (χ0) is 17.6. The van der Waals surface area contributed by atoms with Gasteiger partial charge in [0.15, 0.2) is 11.5 Å². The Labute approximate surface area is 151 Å². The highest BCUT2D eigenvalue weighted by atomic mass is 16.5. The third-order valence-electron chi connectivity index (χ3n) is 5.32. The molecule has 1 atom stereocenters. The number of nitrogens with one attached hydrogen (secondary N) is 1. The van der Waals surface area contributed by atoms with Gasteiger partial charge in [-0.05, 0) is 32.0 Å². The Bertz CT molecular complexity index is 555. The Balaban J connectivity index is 1.95. The summed E-state index contributed by atoms with van der Waals surface area (Å²) < 4.78 is 16.7. The summed E-state index contributed by atoms with van der Waals surface area (Å²) in [5.74, 6) is 2.35. The lowest BCUT2D eigenvalue weighted by atomic mass is 10.0. The van der Waals surface area contributed by atoms with Gasteiger partial charge in [0, 0.05) is 44.4 Å².